The van der Waals surface area contributed by atoms with E-state index in [-0.39, 0.29) is 46.7 Å². The average molecular weight is 814 g/mol. The zero-order valence-electron chi connectivity index (χ0n) is 36.8. The molecule has 0 radical (unpaired) electrons. The van der Waals surface area contributed by atoms with E-state index in [0.29, 0.717) is 25.0 Å². The molecule has 5 aliphatic rings. The van der Waals surface area contributed by atoms with Crippen LogP contribution in [0.1, 0.15) is 141 Å². The molecule has 324 valence electrons. The first kappa shape index (κ1) is 45.5. The van der Waals surface area contributed by atoms with Crippen LogP contribution in [0.2, 0.25) is 0 Å². The van der Waals surface area contributed by atoms with E-state index in [2.05, 4.69) is 59.9 Å². The molecule has 4 fully saturated rings. The van der Waals surface area contributed by atoms with Crippen LogP contribution in [-0.4, -0.2) is 79.1 Å². The number of nitrogens with one attached hydrogen (secondary N) is 1. The molecular formula is C45H67NO12. The Morgan fingerprint density at radius 2 is 1.36 bits per heavy atom. The van der Waals surface area contributed by atoms with Crippen molar-refractivity contribution in [2.24, 2.45) is 50.2 Å². The molecule has 5 unspecified atom stereocenters. The first-order valence-electron chi connectivity index (χ1n) is 21.1. The third-order valence-electron chi connectivity index (χ3n) is 15.6. The van der Waals surface area contributed by atoms with Crippen molar-refractivity contribution in [2.75, 3.05) is 13.2 Å². The highest BCUT2D eigenvalue weighted by atomic mass is 16.6. The summed E-state index contributed by atoms with van der Waals surface area (Å²) >= 11 is 0. The van der Waals surface area contributed by atoms with Gasteiger partial charge in [-0.05, 0) is 80.0 Å². The summed E-state index contributed by atoms with van der Waals surface area (Å²) in [6, 6.07) is 0. The highest BCUT2D eigenvalue weighted by molar-refractivity contribution is 6.08. The molecule has 58 heavy (non-hydrogen) atoms. The van der Waals surface area contributed by atoms with Gasteiger partial charge in [-0.15, -0.1) is 0 Å². The van der Waals surface area contributed by atoms with Crippen molar-refractivity contribution in [1.82, 2.24) is 5.32 Å². The Bertz CT molecular complexity index is 1730. The number of esters is 4. The third-order valence-corrected chi connectivity index (χ3v) is 15.6. The SMILES string of the molecule is CC(=O)OCC(OC(NC(=O)[C@]12CCC(C)(C)CC1C1=CCC3[C@@]4(C)CCC(=O)C(C)(C)C4CC[C@@]3(C)[C@]1(C)CC2=O)[C@@H](COC(C)=O)OC(C)=O)[C@H](C)OC(C)=O. The molecule has 13 nitrogen and oxygen atoms in total. The zero-order valence-corrected chi connectivity index (χ0v) is 36.8. The Kier molecular flexibility index (Phi) is 12.6. The predicted molar refractivity (Wildman–Crippen MR) is 211 cm³/mol. The summed E-state index contributed by atoms with van der Waals surface area (Å²) in [6.45, 7) is 20.9. The van der Waals surface area contributed by atoms with Crippen LogP contribution in [0, 0.1) is 50.2 Å². The van der Waals surface area contributed by atoms with Gasteiger partial charge >= 0.3 is 23.9 Å². The zero-order chi connectivity index (χ0) is 43.4. The minimum atomic E-state index is -1.53. The van der Waals surface area contributed by atoms with Gasteiger partial charge in [0.15, 0.2) is 12.3 Å². The normalized spacial score (nSPS) is 35.4. The number of carbonyl (C=O) groups excluding carboxylic acids is 7. The topological polar surface area (TPSA) is 178 Å². The van der Waals surface area contributed by atoms with Crippen LogP contribution in [-0.2, 0) is 57.2 Å². The van der Waals surface area contributed by atoms with Gasteiger partial charge in [0, 0.05) is 57.3 Å². The van der Waals surface area contributed by atoms with Crippen molar-refractivity contribution in [1.29, 1.82) is 0 Å². The number of Topliss-reactive ketones (excluding diaryl/α,β-unsaturated/α-hetero) is 2. The fourth-order valence-electron chi connectivity index (χ4n) is 12.4. The molecule has 0 aromatic rings. The van der Waals surface area contributed by atoms with Crippen LogP contribution in [0.5, 0.6) is 0 Å². The molecule has 13 heteroatoms. The van der Waals surface area contributed by atoms with Crippen LogP contribution < -0.4 is 5.32 Å². The number of carbonyl (C=O) groups is 7. The van der Waals surface area contributed by atoms with E-state index >= 15 is 9.59 Å². The predicted octanol–water partition coefficient (Wildman–Crippen LogP) is 6.37. The van der Waals surface area contributed by atoms with Gasteiger partial charge < -0.3 is 29.0 Å². The first-order chi connectivity index (χ1) is 26.7. The summed E-state index contributed by atoms with van der Waals surface area (Å²) < 4.78 is 27.9. The number of ketones is 2. The second-order valence-electron chi connectivity index (χ2n) is 20.1. The number of ether oxygens (including phenoxy) is 5. The van der Waals surface area contributed by atoms with Gasteiger partial charge in [0.2, 0.25) is 5.91 Å². The summed E-state index contributed by atoms with van der Waals surface area (Å²) in [5, 5.41) is 2.93. The van der Waals surface area contributed by atoms with Crippen LogP contribution in [0.15, 0.2) is 11.6 Å². The van der Waals surface area contributed by atoms with Gasteiger partial charge in [-0.25, -0.2) is 0 Å². The van der Waals surface area contributed by atoms with Gasteiger partial charge in [0.05, 0.1) is 0 Å². The Labute approximate surface area is 343 Å². The van der Waals surface area contributed by atoms with E-state index in [1.807, 2.05) is 0 Å². The van der Waals surface area contributed by atoms with Crippen LogP contribution >= 0.6 is 0 Å². The van der Waals surface area contributed by atoms with E-state index in [9.17, 15) is 24.0 Å². The minimum Gasteiger partial charge on any atom is -0.463 e. The second-order valence-corrected chi connectivity index (χ2v) is 20.1. The lowest BCUT2D eigenvalue weighted by molar-refractivity contribution is -0.197. The van der Waals surface area contributed by atoms with Gasteiger partial charge in [-0.2, -0.15) is 0 Å². The number of fused-ring (bicyclic) bond motifs is 7. The molecule has 0 aromatic carbocycles. The molecule has 0 heterocycles. The van der Waals surface area contributed by atoms with Crippen LogP contribution in [0.4, 0.5) is 0 Å². The minimum absolute atomic E-state index is 0.0969. The van der Waals surface area contributed by atoms with Gasteiger partial charge in [-0.1, -0.05) is 60.1 Å². The highest BCUT2D eigenvalue weighted by Gasteiger charge is 2.71. The van der Waals surface area contributed by atoms with Crippen molar-refractivity contribution in [3.05, 3.63) is 11.6 Å². The van der Waals surface area contributed by atoms with Crippen LogP contribution in [0.3, 0.4) is 0 Å². The van der Waals surface area contributed by atoms with E-state index < -0.39 is 89.7 Å². The monoisotopic (exact) mass is 813 g/mol. The number of allylic oxidation sites excluding steroid dienone is 2. The summed E-state index contributed by atoms with van der Waals surface area (Å²) in [7, 11) is 0. The Balaban J connectivity index is 1.58. The molecule has 1 amide bonds. The number of rotatable bonds is 12. The van der Waals surface area contributed by atoms with Gasteiger partial charge in [0.25, 0.3) is 0 Å². The summed E-state index contributed by atoms with van der Waals surface area (Å²) in [5.74, 6) is -3.12. The Morgan fingerprint density at radius 1 is 0.759 bits per heavy atom. The molecule has 5 rings (SSSR count). The lowest BCUT2D eigenvalue weighted by Crippen LogP contribution is -2.68. The molecule has 1 N–H and O–H groups in total. The second kappa shape index (κ2) is 16.1. The standard InChI is InChI=1S/C45H67NO12/c1-25(56-28(4)49)32(23-54-26(2)47)58-38(33(57-29(5)50)24-55-27(3)48)46-39(53)45-20-19-40(6,7)21-31(45)30-13-14-35-42(10)17-16-36(51)41(8,9)34(42)15-18-43(35,11)44(30,12)22-37(45)52/h13,25,31-35,38H,14-24H2,1-12H3,(H,46,53)/t25-,31?,32?,33+,34?,35?,38?,42-,43+,44+,45+/m0/s1. The smallest absolute Gasteiger partial charge is 0.303 e. The number of amides is 1. The Morgan fingerprint density at radius 3 is 1.95 bits per heavy atom. The van der Waals surface area contributed by atoms with E-state index in [1.165, 1.54) is 27.7 Å². The molecule has 0 aromatic heterocycles. The first-order valence-corrected chi connectivity index (χ1v) is 21.1. The van der Waals surface area contributed by atoms with E-state index in [4.69, 9.17) is 23.7 Å². The van der Waals surface area contributed by atoms with E-state index in [1.54, 1.807) is 0 Å². The average Bonchev–Trinajstić information content (AvgIpc) is 3.09. The summed E-state index contributed by atoms with van der Waals surface area (Å²) in [6.07, 6.45) is 2.75. The summed E-state index contributed by atoms with van der Waals surface area (Å²) in [4.78, 5) is 92.3. The largest absolute Gasteiger partial charge is 0.463 e. The Hall–Kier alpha value is -3.61. The van der Waals surface area contributed by atoms with E-state index in [0.717, 1.165) is 38.2 Å². The third kappa shape index (κ3) is 8.01. The van der Waals surface area contributed by atoms with Crippen molar-refractivity contribution < 1.29 is 57.2 Å². The van der Waals surface area contributed by atoms with Crippen molar-refractivity contribution >= 4 is 41.4 Å². The molecule has 0 aliphatic heterocycles. The maximum absolute atomic E-state index is 15.3. The maximum Gasteiger partial charge on any atom is 0.303 e. The maximum atomic E-state index is 15.3. The molecule has 5 aliphatic carbocycles. The van der Waals surface area contributed by atoms with Crippen molar-refractivity contribution in [2.45, 2.75) is 165 Å². The van der Waals surface area contributed by atoms with Gasteiger partial charge in [-0.3, -0.25) is 33.6 Å². The summed E-state index contributed by atoms with van der Waals surface area (Å²) in [5.41, 5.74) is -1.90. The molecular weight excluding hydrogens is 746 g/mol. The lowest BCUT2D eigenvalue weighted by atomic mass is 9.33. The molecule has 11 atom stereocenters. The molecule has 0 bridgehead atoms. The van der Waals surface area contributed by atoms with Crippen molar-refractivity contribution in [3.8, 4) is 0 Å². The molecule has 0 saturated heterocycles. The fourth-order valence-corrected chi connectivity index (χ4v) is 12.4. The van der Waals surface area contributed by atoms with Crippen LogP contribution in [0.25, 0.3) is 0 Å². The number of hydrogen-bond donors (Lipinski definition) is 1. The quantitative estimate of drug-likeness (QED) is 0.0758. The van der Waals surface area contributed by atoms with Crippen molar-refractivity contribution in [3.63, 3.8) is 0 Å². The molecule has 4 saturated carbocycles. The highest BCUT2D eigenvalue weighted by Crippen LogP contribution is 2.75. The lowest BCUT2D eigenvalue weighted by Gasteiger charge is -2.70. The molecule has 0 spiro atoms. The fraction of sp³-hybridized carbons (Fsp3) is 0.800. The number of hydrogen-bond acceptors (Lipinski definition) is 12. The van der Waals surface area contributed by atoms with Gasteiger partial charge in [0.1, 0.15) is 42.4 Å².